The molecule has 0 amide bonds. The van der Waals surface area contributed by atoms with Gasteiger partial charge in [-0.3, -0.25) is 4.79 Å². The smallest absolute Gasteiger partial charge is 0.241 e. The molecule has 34 heavy (non-hydrogen) atoms. The Morgan fingerprint density at radius 1 is 0.971 bits per heavy atom. The first-order valence-corrected chi connectivity index (χ1v) is 13.7. The van der Waals surface area contributed by atoms with Crippen molar-refractivity contribution in [2.24, 2.45) is 5.92 Å². The third-order valence-electron chi connectivity index (χ3n) is 6.16. The lowest BCUT2D eigenvalue weighted by atomic mass is 9.80. The Labute approximate surface area is 206 Å². The number of hydrogen-bond acceptors (Lipinski definition) is 5. The number of hydrogen-bond donors (Lipinski definition) is 1. The van der Waals surface area contributed by atoms with Gasteiger partial charge in [0.25, 0.3) is 0 Å². The summed E-state index contributed by atoms with van der Waals surface area (Å²) in [7, 11) is -2.26. The second kappa shape index (κ2) is 10.8. The standard InChI is InChI=1S/C27H29NO4S2/c1-19-11-17-23(18-12-19)34(30,31)28-27(20-13-15-21(32-2)16-14-20)26-24(29)9-6-10-25(26)33-22-7-4-3-5-8-22/h3-5,7-8,11-18,25-28H,6,9-10H2,1-2H3/t25-,26+,27+/m1/s1. The zero-order valence-corrected chi connectivity index (χ0v) is 20.9. The maximum Gasteiger partial charge on any atom is 0.241 e. The molecule has 0 aromatic heterocycles. The quantitative estimate of drug-likeness (QED) is 0.443. The number of carbonyl (C=O) groups excluding carboxylic acids is 1. The fourth-order valence-corrected chi connectivity index (χ4v) is 7.00. The van der Waals surface area contributed by atoms with E-state index in [1.165, 1.54) is 0 Å². The van der Waals surface area contributed by atoms with E-state index < -0.39 is 22.0 Å². The summed E-state index contributed by atoms with van der Waals surface area (Å²) in [4.78, 5) is 14.6. The summed E-state index contributed by atoms with van der Waals surface area (Å²) in [5.41, 5.74) is 1.72. The molecule has 1 aliphatic rings. The van der Waals surface area contributed by atoms with E-state index in [0.29, 0.717) is 12.2 Å². The third-order valence-corrected chi connectivity index (χ3v) is 9.00. The lowest BCUT2D eigenvalue weighted by molar-refractivity contribution is -0.125. The summed E-state index contributed by atoms with van der Waals surface area (Å²) < 4.78 is 35.0. The van der Waals surface area contributed by atoms with Crippen molar-refractivity contribution in [3.63, 3.8) is 0 Å². The van der Waals surface area contributed by atoms with Gasteiger partial charge in [0.05, 0.1) is 24.0 Å². The second-order valence-electron chi connectivity index (χ2n) is 8.54. The molecule has 4 rings (SSSR count). The number of benzene rings is 3. The van der Waals surface area contributed by atoms with E-state index in [1.54, 1.807) is 55.3 Å². The molecule has 1 fully saturated rings. The first kappa shape index (κ1) is 24.5. The maximum atomic E-state index is 13.4. The minimum absolute atomic E-state index is 0.0449. The van der Waals surface area contributed by atoms with Gasteiger partial charge < -0.3 is 4.74 Å². The summed E-state index contributed by atoms with van der Waals surface area (Å²) >= 11 is 1.65. The Morgan fingerprint density at radius 3 is 2.29 bits per heavy atom. The minimum Gasteiger partial charge on any atom is -0.497 e. The van der Waals surface area contributed by atoms with Crippen molar-refractivity contribution in [3.05, 3.63) is 90.0 Å². The molecule has 0 spiro atoms. The topological polar surface area (TPSA) is 72.5 Å². The third kappa shape index (κ3) is 5.71. The van der Waals surface area contributed by atoms with Crippen LogP contribution in [0.1, 0.15) is 36.4 Å². The van der Waals surface area contributed by atoms with Crippen LogP contribution in [0.4, 0.5) is 0 Å². The van der Waals surface area contributed by atoms with E-state index in [2.05, 4.69) is 4.72 Å². The molecule has 0 unspecified atom stereocenters. The van der Waals surface area contributed by atoms with Crippen LogP contribution in [0.25, 0.3) is 0 Å². The molecule has 3 aromatic carbocycles. The molecule has 7 heteroatoms. The monoisotopic (exact) mass is 495 g/mol. The number of ketones is 1. The number of nitrogens with one attached hydrogen (secondary N) is 1. The van der Waals surface area contributed by atoms with Gasteiger partial charge in [-0.1, -0.05) is 48.0 Å². The highest BCUT2D eigenvalue weighted by molar-refractivity contribution is 8.00. The molecule has 3 aromatic rings. The van der Waals surface area contributed by atoms with E-state index in [0.717, 1.165) is 28.9 Å². The van der Waals surface area contributed by atoms with Gasteiger partial charge in [0.2, 0.25) is 10.0 Å². The van der Waals surface area contributed by atoms with Crippen LogP contribution < -0.4 is 9.46 Å². The van der Waals surface area contributed by atoms with E-state index in [1.807, 2.05) is 49.4 Å². The van der Waals surface area contributed by atoms with Gasteiger partial charge in [0.15, 0.2) is 0 Å². The minimum atomic E-state index is -3.85. The molecular weight excluding hydrogens is 466 g/mol. The van der Waals surface area contributed by atoms with Crippen LogP contribution in [0.5, 0.6) is 5.75 Å². The molecule has 5 nitrogen and oxygen atoms in total. The fraction of sp³-hybridized carbons (Fsp3) is 0.296. The summed E-state index contributed by atoms with van der Waals surface area (Å²) in [6.07, 6.45) is 2.10. The molecule has 0 saturated heterocycles. The molecule has 0 bridgehead atoms. The molecular formula is C27H29NO4S2. The van der Waals surface area contributed by atoms with Gasteiger partial charge in [-0.15, -0.1) is 11.8 Å². The highest BCUT2D eigenvalue weighted by Gasteiger charge is 2.41. The summed E-state index contributed by atoms with van der Waals surface area (Å²) in [6.45, 7) is 1.91. The van der Waals surface area contributed by atoms with Crippen molar-refractivity contribution < 1.29 is 17.9 Å². The van der Waals surface area contributed by atoms with Crippen LogP contribution in [0.15, 0.2) is 88.7 Å². The molecule has 0 aliphatic heterocycles. The number of methoxy groups -OCH3 is 1. The van der Waals surface area contributed by atoms with Crippen LogP contribution in [-0.2, 0) is 14.8 Å². The Morgan fingerprint density at radius 2 is 1.65 bits per heavy atom. The molecule has 178 valence electrons. The van der Waals surface area contributed by atoms with Crippen molar-refractivity contribution in [3.8, 4) is 5.75 Å². The fourth-order valence-electron chi connectivity index (χ4n) is 4.35. The van der Waals surface area contributed by atoms with Crippen LogP contribution in [-0.4, -0.2) is 26.6 Å². The van der Waals surface area contributed by atoms with Gasteiger partial charge in [0, 0.05) is 16.6 Å². The normalized spacial score (nSPS) is 19.5. The van der Waals surface area contributed by atoms with Gasteiger partial charge in [-0.25, -0.2) is 13.1 Å². The zero-order valence-electron chi connectivity index (χ0n) is 19.3. The predicted octanol–water partition coefficient (Wildman–Crippen LogP) is 5.55. The Hall–Kier alpha value is -2.61. The average Bonchev–Trinajstić information content (AvgIpc) is 2.84. The van der Waals surface area contributed by atoms with E-state index >= 15 is 0 Å². The van der Waals surface area contributed by atoms with Crippen molar-refractivity contribution in [2.45, 2.75) is 47.3 Å². The van der Waals surface area contributed by atoms with E-state index in [4.69, 9.17) is 4.74 Å². The highest BCUT2D eigenvalue weighted by atomic mass is 32.2. The Balaban J connectivity index is 1.73. The van der Waals surface area contributed by atoms with E-state index in [-0.39, 0.29) is 15.9 Å². The number of Topliss-reactive ketones (excluding diaryl/α,β-unsaturated/α-hetero) is 1. The van der Waals surface area contributed by atoms with Crippen molar-refractivity contribution in [1.82, 2.24) is 4.72 Å². The van der Waals surface area contributed by atoms with Crippen molar-refractivity contribution in [1.29, 1.82) is 0 Å². The lowest BCUT2D eigenvalue weighted by Crippen LogP contribution is -2.43. The van der Waals surface area contributed by atoms with Crippen LogP contribution in [0.3, 0.4) is 0 Å². The van der Waals surface area contributed by atoms with Crippen molar-refractivity contribution in [2.75, 3.05) is 7.11 Å². The SMILES string of the molecule is COc1ccc([C@H](NS(=O)(=O)c2ccc(C)cc2)[C@H]2C(=O)CCC[C@H]2Sc2ccccc2)cc1. The molecule has 0 radical (unpaired) electrons. The van der Waals surface area contributed by atoms with Gasteiger partial charge >= 0.3 is 0 Å². The highest BCUT2D eigenvalue weighted by Crippen LogP contribution is 2.42. The van der Waals surface area contributed by atoms with Crippen LogP contribution in [0, 0.1) is 12.8 Å². The van der Waals surface area contributed by atoms with Crippen LogP contribution >= 0.6 is 11.8 Å². The number of thioether (sulfide) groups is 1. The zero-order chi connectivity index (χ0) is 24.1. The van der Waals surface area contributed by atoms with Crippen LogP contribution in [0.2, 0.25) is 0 Å². The number of carbonyl (C=O) groups is 1. The average molecular weight is 496 g/mol. The van der Waals surface area contributed by atoms with Gasteiger partial charge in [-0.05, 0) is 61.7 Å². The molecule has 3 atom stereocenters. The largest absolute Gasteiger partial charge is 0.497 e. The lowest BCUT2D eigenvalue weighted by Gasteiger charge is -2.36. The van der Waals surface area contributed by atoms with Gasteiger partial charge in [0.1, 0.15) is 11.5 Å². The molecule has 1 N–H and O–H groups in total. The Bertz CT molecular complexity index is 1210. The second-order valence-corrected chi connectivity index (χ2v) is 11.6. The number of ether oxygens (including phenoxy) is 1. The molecule has 0 heterocycles. The number of sulfonamides is 1. The first-order valence-electron chi connectivity index (χ1n) is 11.3. The summed E-state index contributed by atoms with van der Waals surface area (Å²) in [6, 6.07) is 23.3. The molecule has 1 saturated carbocycles. The summed E-state index contributed by atoms with van der Waals surface area (Å²) in [5.74, 6) is 0.272. The maximum absolute atomic E-state index is 13.4. The van der Waals surface area contributed by atoms with Gasteiger partial charge in [-0.2, -0.15) is 0 Å². The predicted molar refractivity (Wildman–Crippen MR) is 136 cm³/mol. The first-order chi connectivity index (χ1) is 16.4. The summed E-state index contributed by atoms with van der Waals surface area (Å²) in [5, 5.41) is -0.0449. The molecule has 1 aliphatic carbocycles. The van der Waals surface area contributed by atoms with E-state index in [9.17, 15) is 13.2 Å². The number of aryl methyl sites for hydroxylation is 1. The van der Waals surface area contributed by atoms with Crippen molar-refractivity contribution >= 4 is 27.6 Å². The Kier molecular flexibility index (Phi) is 7.76. The number of rotatable bonds is 8.